The second-order valence-corrected chi connectivity index (χ2v) is 14.6. The van der Waals surface area contributed by atoms with Gasteiger partial charge in [-0.25, -0.2) is 0 Å². The number of rotatable bonds is 6. The van der Waals surface area contributed by atoms with E-state index in [0.29, 0.717) is 0 Å². The Bertz CT molecular complexity index is 1100. The second-order valence-electron chi connectivity index (χ2n) is 7.89. The summed E-state index contributed by atoms with van der Waals surface area (Å²) in [5, 5.41) is 0. The average molecular weight is 1070 g/mol. The first-order valence-corrected chi connectivity index (χ1v) is 14.5. The first kappa shape index (κ1) is 58.4. The van der Waals surface area contributed by atoms with Crippen molar-refractivity contribution in [2.75, 3.05) is 0 Å². The molecule has 0 unspecified atom stereocenters. The number of hydrogen-bond donors (Lipinski definition) is 0. The Morgan fingerprint density at radius 3 is 0.327 bits per heavy atom. The van der Waals surface area contributed by atoms with Crippen molar-refractivity contribution < 1.29 is 197 Å². The van der Waals surface area contributed by atoms with E-state index in [2.05, 4.69) is 0 Å². The molecule has 0 saturated carbocycles. The maximum atomic E-state index is 12.1. The van der Waals surface area contributed by atoms with Crippen LogP contribution in [0.5, 0.6) is 0 Å². The minimum absolute atomic E-state index is 0. The second kappa shape index (κ2) is 15.6. The number of hydrogen-bond acceptors (Lipinski definition) is 6. The maximum absolute atomic E-state index is 12.1. The predicted molar refractivity (Wildman–Crippen MR) is 88.8 cm³/mol. The summed E-state index contributed by atoms with van der Waals surface area (Å²) >= 11 is 0. The molecule has 321 valence electrons. The van der Waals surface area contributed by atoms with Crippen LogP contribution in [0.1, 0.15) is 0 Å². The molecule has 0 aliphatic carbocycles. The van der Waals surface area contributed by atoms with Gasteiger partial charge < -0.3 is 28.4 Å². The molecule has 0 bridgehead atoms. The summed E-state index contributed by atoms with van der Waals surface area (Å²) in [4.78, 5) is 30.2. The van der Waals surface area contributed by atoms with Crippen molar-refractivity contribution in [3.05, 3.63) is 0 Å². The summed E-state index contributed by atoms with van der Waals surface area (Å²) in [6, 6.07) is 0. The smallest absolute Gasteiger partial charge is 0.790 e. The van der Waals surface area contributed by atoms with E-state index in [1.165, 1.54) is 0 Å². The van der Waals surface area contributed by atoms with Crippen LogP contribution < -0.4 is 14.7 Å². The Kier molecular flexibility index (Phi) is 17.5. The molecular weight excluding hydrogens is 1070 g/mol. The van der Waals surface area contributed by atoms with Gasteiger partial charge in [0.15, 0.2) is 22.1 Å². The van der Waals surface area contributed by atoms with Crippen molar-refractivity contribution in [2.24, 2.45) is 0 Å². The Balaban J connectivity index is -0.000000329. The fraction of sp³-hybridized carbons (Fsp3) is 1.00. The van der Waals surface area contributed by atoms with Crippen LogP contribution in [0.4, 0.5) is 132 Å². The van der Waals surface area contributed by atoms with E-state index in [1.54, 1.807) is 0 Å². The fourth-order valence-corrected chi connectivity index (χ4v) is 4.59. The van der Waals surface area contributed by atoms with Gasteiger partial charge in [0.2, 0.25) is 0 Å². The van der Waals surface area contributed by atoms with Crippen LogP contribution in [0.25, 0.3) is 0 Å². The molecule has 0 saturated heterocycles. The summed E-state index contributed by atoms with van der Waals surface area (Å²) in [5.74, 6) is 0. The molecule has 0 atom stereocenters. The summed E-state index contributed by atoms with van der Waals surface area (Å²) in [6.45, 7) is 0. The summed E-state index contributed by atoms with van der Waals surface area (Å²) < 4.78 is 380. The molecular formula is C12ErF30O6P3. The minimum Gasteiger partial charge on any atom is -0.790 e. The van der Waals surface area contributed by atoms with Gasteiger partial charge in [0, 0.05) is 0 Å². The zero-order valence-electron chi connectivity index (χ0n) is 21.4. The number of halogens is 30. The van der Waals surface area contributed by atoms with E-state index in [9.17, 15) is 160 Å². The monoisotopic (exact) mass is 1070 g/mol. The van der Waals surface area contributed by atoms with Gasteiger partial charge >= 0.3 is 108 Å². The molecule has 1 radical (unpaired) electrons. The van der Waals surface area contributed by atoms with Crippen molar-refractivity contribution in [2.45, 2.75) is 71.0 Å². The zero-order valence-corrected chi connectivity index (χ0v) is 26.0. The Labute approximate surface area is 290 Å². The molecule has 0 aromatic rings. The summed E-state index contributed by atoms with van der Waals surface area (Å²) in [7, 11) is -25.5. The SMILES string of the molecule is O=P([O-])(C(F)(F)C(F)(F)F)C(F)(F)C(F)(F)F.O=P([O-])(C(F)(F)C(F)(F)F)C(F)(F)C(F)(F)F.O=P([O-])(C(F)(F)C(F)(F)F)C(F)(F)C(F)(F)F.[Er+3]. The molecule has 0 spiro atoms. The molecule has 6 nitrogen and oxygen atoms in total. The molecule has 40 heteroatoms. The van der Waals surface area contributed by atoms with Crippen LogP contribution >= 0.6 is 22.1 Å². The molecule has 0 aromatic heterocycles. The van der Waals surface area contributed by atoms with Gasteiger partial charge in [0.1, 0.15) is 0 Å². The first-order valence-electron chi connectivity index (χ1n) is 9.61. The van der Waals surface area contributed by atoms with Gasteiger partial charge in [-0.15, -0.1) is 0 Å². The van der Waals surface area contributed by atoms with Crippen LogP contribution in [-0.2, 0) is 13.7 Å². The quantitative estimate of drug-likeness (QED) is 0.194. The number of alkyl halides is 30. The topological polar surface area (TPSA) is 120 Å². The molecule has 0 amide bonds. The van der Waals surface area contributed by atoms with Crippen LogP contribution in [-0.4, -0.2) is 71.0 Å². The van der Waals surface area contributed by atoms with Gasteiger partial charge in [-0.1, -0.05) is 0 Å². The molecule has 0 aromatic carbocycles. The van der Waals surface area contributed by atoms with E-state index < -0.39 is 93.1 Å². The van der Waals surface area contributed by atoms with Crippen LogP contribution in [0, 0.1) is 37.3 Å². The van der Waals surface area contributed by atoms with Crippen molar-refractivity contribution in [1.82, 2.24) is 0 Å². The molecule has 0 aliphatic rings. The Morgan fingerprint density at radius 2 is 0.288 bits per heavy atom. The van der Waals surface area contributed by atoms with Crippen molar-refractivity contribution in [3.8, 4) is 0 Å². The fourth-order valence-electron chi connectivity index (χ4n) is 1.53. The maximum Gasteiger partial charge on any atom is 3.00 e. The molecule has 0 heterocycles. The van der Waals surface area contributed by atoms with Gasteiger partial charge in [-0.2, -0.15) is 132 Å². The van der Waals surface area contributed by atoms with Crippen molar-refractivity contribution >= 4 is 22.1 Å². The van der Waals surface area contributed by atoms with Gasteiger partial charge in [-0.3, -0.25) is 0 Å². The van der Waals surface area contributed by atoms with Gasteiger partial charge in [0.05, 0.1) is 0 Å². The normalized spacial score (nSPS) is 15.9. The van der Waals surface area contributed by atoms with Crippen LogP contribution in [0.2, 0.25) is 0 Å². The van der Waals surface area contributed by atoms with Gasteiger partial charge in [0.25, 0.3) is 0 Å². The summed E-state index contributed by atoms with van der Waals surface area (Å²) in [6.07, 6.45) is -42.5. The van der Waals surface area contributed by atoms with Gasteiger partial charge in [-0.05, 0) is 0 Å². The Morgan fingerprint density at radius 1 is 0.231 bits per heavy atom. The first-order chi connectivity index (χ1) is 21.0. The predicted octanol–water partition coefficient (Wildman–Crippen LogP) is 8.81. The standard InChI is InChI=1S/3C4HF10O2P.Er/c3*5-1(6,7)3(11,12)17(15,16)4(13,14)2(8,9)10;/h3*(H,15,16);/q;;;+3/p-3. The van der Waals surface area contributed by atoms with E-state index in [0.717, 1.165) is 0 Å². The molecule has 0 N–H and O–H groups in total. The Hall–Kier alpha value is -0.283. The van der Waals surface area contributed by atoms with Crippen molar-refractivity contribution in [3.63, 3.8) is 0 Å². The third kappa shape index (κ3) is 10.2. The van der Waals surface area contributed by atoms with E-state index in [4.69, 9.17) is 0 Å². The molecule has 0 fully saturated rings. The molecule has 0 rings (SSSR count). The molecule has 0 aliphatic heterocycles. The largest absolute Gasteiger partial charge is 3.00 e. The van der Waals surface area contributed by atoms with E-state index in [-0.39, 0.29) is 37.3 Å². The third-order valence-electron chi connectivity index (χ3n) is 4.26. The minimum atomic E-state index is -8.51. The van der Waals surface area contributed by atoms with Crippen molar-refractivity contribution in [1.29, 1.82) is 0 Å². The van der Waals surface area contributed by atoms with E-state index >= 15 is 0 Å². The average Bonchev–Trinajstić information content (AvgIpc) is 2.79. The van der Waals surface area contributed by atoms with E-state index in [1.807, 2.05) is 0 Å². The summed E-state index contributed by atoms with van der Waals surface area (Å²) in [5.41, 5.74) is -43.2. The third-order valence-corrected chi connectivity index (χ3v) is 10.2. The molecule has 52 heavy (non-hydrogen) atoms. The van der Waals surface area contributed by atoms with Crippen LogP contribution in [0.15, 0.2) is 0 Å². The van der Waals surface area contributed by atoms with Crippen LogP contribution in [0.3, 0.4) is 0 Å². The zero-order chi connectivity index (χ0) is 43.5.